The Labute approximate surface area is 261 Å². The summed E-state index contributed by atoms with van der Waals surface area (Å²) in [5, 5.41) is 0. The van der Waals surface area contributed by atoms with Crippen LogP contribution in [-0.4, -0.2) is 24.9 Å². The Balaban J connectivity index is 1.29. The van der Waals surface area contributed by atoms with Crippen molar-refractivity contribution in [1.82, 2.24) is 0 Å². The van der Waals surface area contributed by atoms with Crippen molar-refractivity contribution in [2.24, 2.45) is 11.8 Å². The highest BCUT2D eigenvalue weighted by atomic mass is 19.3. The van der Waals surface area contributed by atoms with E-state index < -0.39 is 64.8 Å². The molecule has 13 heteroatoms. The van der Waals surface area contributed by atoms with Crippen LogP contribution in [0.25, 0.3) is 6.08 Å². The number of rotatable bonds is 13. The molecular formula is C33H35F9O4. The van der Waals surface area contributed by atoms with Crippen molar-refractivity contribution >= 4 is 6.08 Å². The largest absolute Gasteiger partial charge is 0.453 e. The maximum atomic E-state index is 14.9. The maximum absolute atomic E-state index is 14.9. The van der Waals surface area contributed by atoms with Crippen LogP contribution in [0.15, 0.2) is 48.8 Å². The second-order valence-electron chi connectivity index (χ2n) is 11.5. The number of hydrogen-bond acceptors (Lipinski definition) is 4. The monoisotopic (exact) mass is 666 g/mol. The molecule has 4 nitrogen and oxygen atoms in total. The SMILES string of the molecule is CCCOC1CCC(C(F)(F)OC2CCC(C=Cc3ccc(C(F)(F)Oc4cc(F)c(OC=C(F)F)c(F)c4)c(F)c3)CC2)CC1. The fourth-order valence-electron chi connectivity index (χ4n) is 5.70. The molecule has 4 rings (SSSR count). The lowest BCUT2D eigenvalue weighted by molar-refractivity contribution is -0.302. The summed E-state index contributed by atoms with van der Waals surface area (Å²) in [6.07, 6.45) is -2.81. The molecule has 2 saturated carbocycles. The van der Waals surface area contributed by atoms with Gasteiger partial charge in [-0.15, -0.1) is 0 Å². The average molecular weight is 667 g/mol. The lowest BCUT2D eigenvalue weighted by Gasteiger charge is -2.36. The topological polar surface area (TPSA) is 36.9 Å². The van der Waals surface area contributed by atoms with Crippen LogP contribution < -0.4 is 9.47 Å². The number of halogens is 9. The molecule has 2 fully saturated rings. The molecule has 2 aliphatic rings. The first kappa shape index (κ1) is 35.7. The summed E-state index contributed by atoms with van der Waals surface area (Å²) in [5.74, 6) is -7.73. The number of ether oxygens (including phenoxy) is 4. The van der Waals surface area contributed by atoms with Gasteiger partial charge in [0, 0.05) is 18.7 Å². The Morgan fingerprint density at radius 3 is 2.04 bits per heavy atom. The molecule has 0 aromatic heterocycles. The molecule has 46 heavy (non-hydrogen) atoms. The molecule has 0 amide bonds. The lowest BCUT2D eigenvalue weighted by atomic mass is 9.85. The summed E-state index contributed by atoms with van der Waals surface area (Å²) in [7, 11) is 0. The third-order valence-corrected chi connectivity index (χ3v) is 8.10. The first-order valence-electron chi connectivity index (χ1n) is 15.2. The number of allylic oxidation sites excluding steroid dienone is 1. The lowest BCUT2D eigenvalue weighted by Crippen LogP contribution is -2.39. The smallest absolute Gasteiger partial charge is 0.429 e. The van der Waals surface area contributed by atoms with Crippen LogP contribution in [-0.2, 0) is 15.6 Å². The van der Waals surface area contributed by atoms with E-state index in [4.69, 9.17) is 9.47 Å². The van der Waals surface area contributed by atoms with E-state index in [2.05, 4.69) is 9.47 Å². The summed E-state index contributed by atoms with van der Waals surface area (Å²) in [6.45, 7) is 2.62. The van der Waals surface area contributed by atoms with Gasteiger partial charge in [-0.2, -0.15) is 26.3 Å². The molecule has 0 atom stereocenters. The van der Waals surface area contributed by atoms with Gasteiger partial charge in [-0.25, -0.2) is 13.2 Å². The van der Waals surface area contributed by atoms with Gasteiger partial charge in [-0.3, -0.25) is 0 Å². The van der Waals surface area contributed by atoms with Gasteiger partial charge in [0.25, 0.3) is 0 Å². The molecular weight excluding hydrogens is 631 g/mol. The van der Waals surface area contributed by atoms with Crippen LogP contribution in [0.5, 0.6) is 11.5 Å². The van der Waals surface area contributed by atoms with Crippen LogP contribution in [0.2, 0.25) is 0 Å². The van der Waals surface area contributed by atoms with Gasteiger partial charge >= 0.3 is 18.3 Å². The van der Waals surface area contributed by atoms with E-state index in [1.165, 1.54) is 12.1 Å². The van der Waals surface area contributed by atoms with E-state index in [0.717, 1.165) is 18.6 Å². The normalized spacial score (nSPS) is 22.6. The molecule has 0 unspecified atom stereocenters. The zero-order valence-electron chi connectivity index (χ0n) is 25.0. The summed E-state index contributed by atoms with van der Waals surface area (Å²) in [4.78, 5) is 0. The predicted molar refractivity (Wildman–Crippen MR) is 151 cm³/mol. The van der Waals surface area contributed by atoms with Gasteiger partial charge in [-0.1, -0.05) is 25.1 Å². The van der Waals surface area contributed by atoms with Crippen molar-refractivity contribution in [2.45, 2.75) is 89.1 Å². The molecule has 0 saturated heterocycles. The first-order chi connectivity index (χ1) is 21.8. The van der Waals surface area contributed by atoms with Gasteiger partial charge < -0.3 is 18.9 Å². The van der Waals surface area contributed by atoms with Crippen molar-refractivity contribution in [3.63, 3.8) is 0 Å². The minimum atomic E-state index is -4.36. The van der Waals surface area contributed by atoms with Crippen LogP contribution in [0.3, 0.4) is 0 Å². The van der Waals surface area contributed by atoms with Crippen LogP contribution >= 0.6 is 0 Å². The fourth-order valence-corrected chi connectivity index (χ4v) is 5.70. The quantitative estimate of drug-likeness (QED) is 0.158. The van der Waals surface area contributed by atoms with E-state index in [9.17, 15) is 39.5 Å². The van der Waals surface area contributed by atoms with Crippen molar-refractivity contribution in [3.05, 3.63) is 77.3 Å². The van der Waals surface area contributed by atoms with E-state index in [-0.39, 0.29) is 36.0 Å². The first-order valence-corrected chi connectivity index (χ1v) is 15.2. The highest BCUT2D eigenvalue weighted by Crippen LogP contribution is 2.41. The highest BCUT2D eigenvalue weighted by Gasteiger charge is 2.45. The zero-order valence-corrected chi connectivity index (χ0v) is 25.0. The van der Waals surface area contributed by atoms with Crippen molar-refractivity contribution < 1.29 is 58.5 Å². The van der Waals surface area contributed by atoms with Crippen LogP contribution in [0.4, 0.5) is 39.5 Å². The predicted octanol–water partition coefficient (Wildman–Crippen LogP) is 10.5. The maximum Gasteiger partial charge on any atom is 0.429 e. The molecule has 0 bridgehead atoms. The van der Waals surface area contributed by atoms with Crippen LogP contribution in [0, 0.1) is 29.3 Å². The van der Waals surface area contributed by atoms with Gasteiger partial charge in [0.2, 0.25) is 0 Å². The van der Waals surface area contributed by atoms with Gasteiger partial charge in [-0.05, 0) is 81.4 Å². The Bertz CT molecular complexity index is 1340. The van der Waals surface area contributed by atoms with E-state index >= 15 is 0 Å². The highest BCUT2D eigenvalue weighted by molar-refractivity contribution is 5.51. The third kappa shape index (κ3) is 9.66. The third-order valence-electron chi connectivity index (χ3n) is 8.10. The molecule has 2 aromatic rings. The summed E-state index contributed by atoms with van der Waals surface area (Å²) in [6, 6.07) is 3.34. The van der Waals surface area contributed by atoms with E-state index in [1.54, 1.807) is 6.08 Å². The molecule has 2 aliphatic carbocycles. The Morgan fingerprint density at radius 1 is 0.826 bits per heavy atom. The minimum absolute atomic E-state index is 0.0132. The molecule has 254 valence electrons. The van der Waals surface area contributed by atoms with Crippen molar-refractivity contribution in [3.8, 4) is 11.5 Å². The van der Waals surface area contributed by atoms with Gasteiger partial charge in [0.05, 0.1) is 23.7 Å². The van der Waals surface area contributed by atoms with Crippen LogP contribution in [0.1, 0.15) is 75.8 Å². The molecule has 0 radical (unpaired) electrons. The number of alkyl halides is 4. The van der Waals surface area contributed by atoms with Gasteiger partial charge in [0.15, 0.2) is 23.6 Å². The Hall–Kier alpha value is -3.19. The zero-order chi connectivity index (χ0) is 33.5. The number of hydrogen-bond donors (Lipinski definition) is 0. The standard InChI is InChI=1S/C33H35F9O4/c1-2-15-43-23-12-8-22(9-13-23)32(39,40)45-24-10-5-20(6-11-24)3-4-21-7-14-26(27(34)16-21)33(41,42)46-25-17-28(35)31(29(36)18-25)44-19-30(37)38/h3-4,7,14,16-20,22-24H,2,5-6,8-13,15H2,1H3. The molecule has 0 N–H and O–H groups in total. The van der Waals surface area contributed by atoms with Crippen molar-refractivity contribution in [1.29, 1.82) is 0 Å². The second-order valence-corrected chi connectivity index (χ2v) is 11.5. The van der Waals surface area contributed by atoms with E-state index in [1.807, 2.05) is 6.92 Å². The molecule has 0 spiro atoms. The second kappa shape index (κ2) is 15.6. The Morgan fingerprint density at radius 2 is 1.46 bits per heavy atom. The van der Waals surface area contributed by atoms with Crippen molar-refractivity contribution in [2.75, 3.05) is 6.61 Å². The Kier molecular flexibility index (Phi) is 12.1. The summed E-state index contributed by atoms with van der Waals surface area (Å²) < 4.78 is 146. The fraction of sp³-hybridized carbons (Fsp3) is 0.515. The summed E-state index contributed by atoms with van der Waals surface area (Å²) >= 11 is 0. The molecule has 0 heterocycles. The summed E-state index contributed by atoms with van der Waals surface area (Å²) in [5.41, 5.74) is -0.971. The van der Waals surface area contributed by atoms with Gasteiger partial charge in [0.1, 0.15) is 11.6 Å². The molecule has 2 aromatic carbocycles. The minimum Gasteiger partial charge on any atom is -0.453 e. The van der Waals surface area contributed by atoms with E-state index in [0.29, 0.717) is 58.0 Å². The molecule has 0 aliphatic heterocycles. The average Bonchev–Trinajstić information content (AvgIpc) is 2.99. The number of benzene rings is 2.